The fourth-order valence-corrected chi connectivity index (χ4v) is 6.01. The van der Waals surface area contributed by atoms with E-state index < -0.39 is 5.97 Å². The molecule has 0 atom stereocenters. The molecule has 2 fully saturated rings. The molecule has 1 saturated heterocycles. The van der Waals surface area contributed by atoms with Crippen LogP contribution in [0.2, 0.25) is 0 Å². The number of aromatic nitrogens is 3. The van der Waals surface area contributed by atoms with Gasteiger partial charge in [0.1, 0.15) is 0 Å². The summed E-state index contributed by atoms with van der Waals surface area (Å²) in [6.45, 7) is 16.0. The minimum Gasteiger partial charge on any atom is -0.473 e. The van der Waals surface area contributed by atoms with Crippen LogP contribution >= 0.6 is 0 Å². The van der Waals surface area contributed by atoms with Crippen molar-refractivity contribution in [3.8, 4) is 17.0 Å². The molecule has 1 aromatic carbocycles. The summed E-state index contributed by atoms with van der Waals surface area (Å²) in [4.78, 5) is 22.8. The Hall–Kier alpha value is -2.97. The average Bonchev–Trinajstić information content (AvgIpc) is 3.31. The van der Waals surface area contributed by atoms with Crippen LogP contribution < -0.4 is 4.74 Å². The molecule has 0 N–H and O–H groups in total. The van der Waals surface area contributed by atoms with Crippen molar-refractivity contribution in [3.63, 3.8) is 0 Å². The fraction of sp³-hybridized carbons (Fsp3) is 0.594. The first-order chi connectivity index (χ1) is 19.3. The third-order valence-electron chi connectivity index (χ3n) is 8.19. The maximum atomic E-state index is 12.9. The smallest absolute Gasteiger partial charge is 0.357 e. The summed E-state index contributed by atoms with van der Waals surface area (Å²) in [5.74, 6) is 0.172. The van der Waals surface area contributed by atoms with Gasteiger partial charge in [-0.05, 0) is 64.7 Å². The normalized spacial score (nSPS) is 17.7. The second-order valence-corrected chi connectivity index (χ2v) is 11.8. The molecule has 2 aliphatic rings. The average molecular weight is 548 g/mol. The van der Waals surface area contributed by atoms with E-state index in [2.05, 4.69) is 47.9 Å². The van der Waals surface area contributed by atoms with Gasteiger partial charge in [-0.2, -0.15) is 0 Å². The quantitative estimate of drug-likeness (QED) is 0.300. The predicted molar refractivity (Wildman–Crippen MR) is 159 cm³/mol. The Kier molecular flexibility index (Phi) is 9.06. The van der Waals surface area contributed by atoms with Crippen molar-refractivity contribution in [1.29, 1.82) is 0 Å². The number of benzene rings is 1. The Labute approximate surface area is 238 Å². The van der Waals surface area contributed by atoms with Crippen molar-refractivity contribution in [2.75, 3.05) is 32.8 Å². The zero-order valence-electron chi connectivity index (χ0n) is 24.9. The molecule has 216 valence electrons. The van der Waals surface area contributed by atoms with E-state index in [1.165, 1.54) is 24.8 Å². The fourth-order valence-electron chi connectivity index (χ4n) is 6.01. The molecule has 40 heavy (non-hydrogen) atoms. The number of pyridine rings is 1. The number of hydrogen-bond acceptors (Lipinski definition) is 7. The van der Waals surface area contributed by atoms with Gasteiger partial charge in [-0.1, -0.05) is 43.5 Å². The number of nitrogens with zero attached hydrogens (tertiary/aromatic N) is 5. The van der Waals surface area contributed by atoms with E-state index in [4.69, 9.17) is 19.6 Å². The lowest BCUT2D eigenvalue weighted by atomic mass is 9.95. The van der Waals surface area contributed by atoms with Crippen LogP contribution in [0.5, 0.6) is 5.88 Å². The van der Waals surface area contributed by atoms with Crippen LogP contribution in [0.15, 0.2) is 30.3 Å². The number of piperazine rings is 1. The Balaban J connectivity index is 1.52. The highest BCUT2D eigenvalue weighted by molar-refractivity contribution is 6.01. The first kappa shape index (κ1) is 28.6. The third-order valence-corrected chi connectivity index (χ3v) is 8.19. The first-order valence-electron chi connectivity index (χ1n) is 15.2. The predicted octanol–water partition coefficient (Wildman–Crippen LogP) is 6.09. The minimum absolute atomic E-state index is 0.0333. The molecule has 2 aromatic heterocycles. The third kappa shape index (κ3) is 6.33. The lowest BCUT2D eigenvalue weighted by molar-refractivity contribution is 0.0520. The summed E-state index contributed by atoms with van der Waals surface area (Å²) in [6, 6.07) is 11.4. The maximum Gasteiger partial charge on any atom is 0.357 e. The van der Waals surface area contributed by atoms with Gasteiger partial charge in [0.2, 0.25) is 5.88 Å². The molecule has 8 heteroatoms. The Morgan fingerprint density at radius 2 is 1.70 bits per heavy atom. The number of esters is 1. The molecule has 5 rings (SSSR count). The molecule has 1 aliphatic carbocycles. The van der Waals surface area contributed by atoms with Gasteiger partial charge < -0.3 is 9.47 Å². The molecule has 3 aromatic rings. The SMILES string of the molecule is CCOC(=O)c1cc(-c2ccc(CN3CCN(C(C)C)CC3)cc2)c2c(OC(C)C)nn(C3CCCCC3)c2n1. The molecule has 8 nitrogen and oxygen atoms in total. The molecular weight excluding hydrogens is 502 g/mol. The van der Waals surface area contributed by atoms with Gasteiger partial charge in [0.25, 0.3) is 0 Å². The van der Waals surface area contributed by atoms with Crippen molar-refractivity contribution in [3.05, 3.63) is 41.6 Å². The number of rotatable bonds is 9. The second kappa shape index (κ2) is 12.7. The molecule has 1 saturated carbocycles. The van der Waals surface area contributed by atoms with E-state index >= 15 is 0 Å². The molecule has 1 aliphatic heterocycles. The summed E-state index contributed by atoms with van der Waals surface area (Å²) < 4.78 is 13.7. The Morgan fingerprint density at radius 1 is 1.00 bits per heavy atom. The van der Waals surface area contributed by atoms with Crippen LogP contribution in [0.4, 0.5) is 0 Å². The van der Waals surface area contributed by atoms with Gasteiger partial charge in [-0.25, -0.2) is 14.5 Å². The largest absolute Gasteiger partial charge is 0.473 e. The van der Waals surface area contributed by atoms with Crippen LogP contribution in [-0.4, -0.2) is 75.5 Å². The zero-order chi connectivity index (χ0) is 28.2. The van der Waals surface area contributed by atoms with Crippen molar-refractivity contribution in [1.82, 2.24) is 24.6 Å². The van der Waals surface area contributed by atoms with Crippen LogP contribution in [0.1, 0.15) is 88.8 Å². The van der Waals surface area contributed by atoms with Crippen LogP contribution in [0, 0.1) is 0 Å². The highest BCUT2D eigenvalue weighted by Gasteiger charge is 2.27. The second-order valence-electron chi connectivity index (χ2n) is 11.8. The Bertz CT molecular complexity index is 1290. The van der Waals surface area contributed by atoms with Gasteiger partial charge in [0, 0.05) is 44.3 Å². The summed E-state index contributed by atoms with van der Waals surface area (Å²) in [5, 5.41) is 5.83. The number of carbonyl (C=O) groups excluding carboxylic acids is 1. The van der Waals surface area contributed by atoms with Gasteiger partial charge in [0.15, 0.2) is 11.3 Å². The maximum absolute atomic E-state index is 12.9. The van der Waals surface area contributed by atoms with E-state index in [9.17, 15) is 4.79 Å². The van der Waals surface area contributed by atoms with E-state index in [0.29, 0.717) is 29.9 Å². The van der Waals surface area contributed by atoms with E-state index in [1.807, 2.05) is 31.5 Å². The molecule has 0 unspecified atom stereocenters. The standard InChI is InChI=1S/C32H45N5O3/c1-6-39-32(38)28-20-27(25-14-12-24(13-15-25)21-35-16-18-36(19-17-35)22(2)3)29-30(33-28)37(26-10-8-7-9-11-26)34-31(29)40-23(4)5/h12-15,20,22-23,26H,6-11,16-19,21H2,1-5H3. The molecule has 0 amide bonds. The molecule has 0 radical (unpaired) electrons. The van der Waals surface area contributed by atoms with Gasteiger partial charge >= 0.3 is 5.97 Å². The summed E-state index contributed by atoms with van der Waals surface area (Å²) in [6.07, 6.45) is 5.67. The molecule has 3 heterocycles. The van der Waals surface area contributed by atoms with Crippen molar-refractivity contribution < 1.29 is 14.3 Å². The molecule has 0 spiro atoms. The number of hydrogen-bond donors (Lipinski definition) is 0. The van der Waals surface area contributed by atoms with E-state index in [1.54, 1.807) is 0 Å². The van der Waals surface area contributed by atoms with Crippen LogP contribution in [0.25, 0.3) is 22.2 Å². The van der Waals surface area contributed by atoms with E-state index in [0.717, 1.165) is 62.1 Å². The van der Waals surface area contributed by atoms with Gasteiger partial charge in [-0.3, -0.25) is 9.80 Å². The number of ether oxygens (including phenoxy) is 2. The lowest BCUT2D eigenvalue weighted by Crippen LogP contribution is -2.48. The first-order valence-corrected chi connectivity index (χ1v) is 15.2. The van der Waals surface area contributed by atoms with Gasteiger partial charge in [-0.15, -0.1) is 5.10 Å². The highest BCUT2D eigenvalue weighted by Crippen LogP contribution is 2.39. The lowest BCUT2D eigenvalue weighted by Gasteiger charge is -2.36. The molecule has 0 bridgehead atoms. The Morgan fingerprint density at radius 3 is 2.33 bits per heavy atom. The van der Waals surface area contributed by atoms with Crippen molar-refractivity contribution >= 4 is 17.0 Å². The van der Waals surface area contributed by atoms with Crippen LogP contribution in [-0.2, 0) is 11.3 Å². The van der Waals surface area contributed by atoms with Gasteiger partial charge in [0.05, 0.1) is 24.1 Å². The summed E-state index contributed by atoms with van der Waals surface area (Å²) in [7, 11) is 0. The minimum atomic E-state index is -0.412. The van der Waals surface area contributed by atoms with Crippen LogP contribution in [0.3, 0.4) is 0 Å². The monoisotopic (exact) mass is 547 g/mol. The summed E-state index contributed by atoms with van der Waals surface area (Å²) >= 11 is 0. The number of carbonyl (C=O) groups is 1. The molecular formula is C32H45N5O3. The van der Waals surface area contributed by atoms with Crippen molar-refractivity contribution in [2.45, 2.75) is 91.5 Å². The number of fused-ring (bicyclic) bond motifs is 1. The zero-order valence-corrected chi connectivity index (χ0v) is 24.9. The highest BCUT2D eigenvalue weighted by atomic mass is 16.5. The summed E-state index contributed by atoms with van der Waals surface area (Å²) in [5.41, 5.74) is 4.22. The van der Waals surface area contributed by atoms with E-state index in [-0.39, 0.29) is 12.1 Å². The topological polar surface area (TPSA) is 72.7 Å². The van der Waals surface area contributed by atoms with Crippen molar-refractivity contribution in [2.24, 2.45) is 0 Å².